The summed E-state index contributed by atoms with van der Waals surface area (Å²) in [6, 6.07) is 38.5. The number of rotatable bonds is 33. The molecule has 6 aromatic carbocycles. The molecule has 0 spiro atoms. The van der Waals surface area contributed by atoms with Gasteiger partial charge in [-0.05, 0) is 223 Å². The highest BCUT2D eigenvalue weighted by Gasteiger charge is 2.17. The fourth-order valence-electron chi connectivity index (χ4n) is 7.90. The smallest absolute Gasteiger partial charge is 0.346 e. The highest BCUT2D eigenvalue weighted by atomic mass is 16.6. The van der Waals surface area contributed by atoms with Crippen LogP contribution in [0.5, 0.6) is 34.5 Å². The summed E-state index contributed by atoms with van der Waals surface area (Å²) in [5, 5.41) is 0. The maximum atomic E-state index is 12.6. The van der Waals surface area contributed by atoms with Crippen LogP contribution in [0.4, 0.5) is 0 Å². The molecule has 0 aliphatic heterocycles. The number of hydrogen-bond acceptors (Lipinski definition) is 21. The molecule has 0 atom stereocenters. The highest BCUT2D eigenvalue weighted by molar-refractivity contribution is 6.03. The van der Waals surface area contributed by atoms with E-state index < -0.39 is 59.7 Å². The summed E-state index contributed by atoms with van der Waals surface area (Å²) in [4.78, 5) is 115. The summed E-state index contributed by atoms with van der Waals surface area (Å²) in [6.45, 7) is 7.85. The van der Waals surface area contributed by atoms with Crippen molar-refractivity contribution in [2.24, 2.45) is 0 Å². The van der Waals surface area contributed by atoms with Crippen LogP contribution >= 0.6 is 0 Å². The molecule has 6 rings (SSSR count). The molecule has 0 N–H and O–H groups in total. The van der Waals surface area contributed by atoms with E-state index in [1.54, 1.807) is 146 Å². The molecular weight excluding hydrogens is 1150 g/mol. The van der Waals surface area contributed by atoms with Crippen LogP contribution in [0.3, 0.4) is 0 Å². The van der Waals surface area contributed by atoms with Crippen molar-refractivity contribution >= 4 is 59.7 Å². The standard InChI is InChI=1S/C44H46O13.C24H26O8/c1-31(45)55-41(47)33-11-19-37(20-12-33)51-27-7-3-5-9-29-53-39-23-15-35(16-24-39)43(49)57-44(50)36-17-25-40(26-18-36)54-30-10-6-4-8-28-52-38-21-13-34(14-22-38)42(48)56-32(2)46;1-17(25)31-23(27)19-7-11-21(12-8-19)29-15-5-3-4-6-16-30-22-13-9-20(10-14-22)24(28)32-18(2)26/h11-26H,3-10,27-30H2,1-2H3;7-14H,3-6,15-16H2,1-2H3. The Bertz CT molecular complexity index is 3030. The van der Waals surface area contributed by atoms with Crippen molar-refractivity contribution in [3.05, 3.63) is 179 Å². The van der Waals surface area contributed by atoms with Crippen LogP contribution in [0.15, 0.2) is 146 Å². The quantitative estimate of drug-likeness (QED) is 0.0160. The van der Waals surface area contributed by atoms with Gasteiger partial charge in [0, 0.05) is 27.7 Å². The van der Waals surface area contributed by atoms with E-state index >= 15 is 0 Å². The molecule has 0 fully saturated rings. The van der Waals surface area contributed by atoms with Crippen molar-refractivity contribution < 1.29 is 100 Å². The van der Waals surface area contributed by atoms with Crippen LogP contribution in [0.1, 0.15) is 167 Å². The second kappa shape index (κ2) is 38.8. The SMILES string of the molecule is CC(=O)OC(=O)c1ccc(OCCCCCCOc2ccc(C(=O)OC(=O)c3ccc(OCCCCCCOc4ccc(C(=O)OC(C)=O)cc4)cc3)cc2)cc1.CC(=O)OC(=O)c1ccc(OCCCCCCOc2ccc(C(=O)OC(C)=O)cc2)cc1. The number of unbranched alkanes of at least 4 members (excludes halogenated alkanes) is 9. The lowest BCUT2D eigenvalue weighted by molar-refractivity contribution is -0.136. The first-order valence-corrected chi connectivity index (χ1v) is 29.0. The zero-order valence-electron chi connectivity index (χ0n) is 50.2. The van der Waals surface area contributed by atoms with Crippen LogP contribution in [-0.2, 0) is 42.9 Å². The Morgan fingerprint density at radius 1 is 0.202 bits per heavy atom. The average molecular weight is 1230 g/mol. The third-order valence-electron chi connectivity index (χ3n) is 12.4. The molecule has 89 heavy (non-hydrogen) atoms. The van der Waals surface area contributed by atoms with Crippen LogP contribution in [-0.4, -0.2) is 99.3 Å². The van der Waals surface area contributed by atoms with Crippen LogP contribution < -0.4 is 28.4 Å². The number of ether oxygens (including phenoxy) is 11. The second-order valence-corrected chi connectivity index (χ2v) is 19.7. The molecule has 0 aliphatic carbocycles. The summed E-state index contributed by atoms with van der Waals surface area (Å²) in [5.41, 5.74) is 1.57. The number of esters is 10. The predicted molar refractivity (Wildman–Crippen MR) is 321 cm³/mol. The minimum Gasteiger partial charge on any atom is -0.494 e. The van der Waals surface area contributed by atoms with Crippen molar-refractivity contribution in [2.75, 3.05) is 39.6 Å². The first-order valence-electron chi connectivity index (χ1n) is 29.0. The van der Waals surface area contributed by atoms with Gasteiger partial charge in [0.05, 0.1) is 73.0 Å². The van der Waals surface area contributed by atoms with Gasteiger partial charge in [-0.2, -0.15) is 0 Å². The van der Waals surface area contributed by atoms with Gasteiger partial charge in [-0.15, -0.1) is 0 Å². The Balaban J connectivity index is 0.000000380. The molecule has 470 valence electrons. The zero-order chi connectivity index (χ0) is 64.2. The number of carbonyl (C=O) groups excluding carboxylic acids is 10. The average Bonchev–Trinajstić information content (AvgIpc) is 3.69. The van der Waals surface area contributed by atoms with E-state index in [4.69, 9.17) is 33.2 Å². The van der Waals surface area contributed by atoms with Crippen molar-refractivity contribution in [1.29, 1.82) is 0 Å². The highest BCUT2D eigenvalue weighted by Crippen LogP contribution is 2.21. The van der Waals surface area contributed by atoms with E-state index in [1.807, 2.05) is 0 Å². The van der Waals surface area contributed by atoms with Crippen molar-refractivity contribution in [1.82, 2.24) is 0 Å². The molecule has 21 heteroatoms. The third kappa shape index (κ3) is 27.8. The van der Waals surface area contributed by atoms with Gasteiger partial charge < -0.3 is 52.1 Å². The molecule has 6 aromatic rings. The van der Waals surface area contributed by atoms with E-state index in [2.05, 4.69) is 18.9 Å². The van der Waals surface area contributed by atoms with Crippen molar-refractivity contribution in [2.45, 2.75) is 105 Å². The largest absolute Gasteiger partial charge is 0.494 e. The molecule has 21 nitrogen and oxygen atoms in total. The minimum absolute atomic E-state index is 0.220. The molecule has 0 aliphatic rings. The maximum absolute atomic E-state index is 12.6. The molecule has 0 saturated carbocycles. The van der Waals surface area contributed by atoms with Crippen LogP contribution in [0, 0.1) is 0 Å². The normalized spacial score (nSPS) is 10.4. The van der Waals surface area contributed by atoms with Gasteiger partial charge in [-0.25, -0.2) is 28.8 Å². The van der Waals surface area contributed by atoms with E-state index in [0.29, 0.717) is 74.1 Å². The monoisotopic (exact) mass is 1220 g/mol. The minimum atomic E-state index is -0.767. The third-order valence-corrected chi connectivity index (χ3v) is 12.4. The lowest BCUT2D eigenvalue weighted by Gasteiger charge is -2.09. The topological polar surface area (TPSA) is 272 Å². The zero-order valence-corrected chi connectivity index (χ0v) is 50.2. The Morgan fingerprint density at radius 3 is 0.472 bits per heavy atom. The number of benzene rings is 6. The van der Waals surface area contributed by atoms with Gasteiger partial charge in [-0.3, -0.25) is 19.2 Å². The van der Waals surface area contributed by atoms with E-state index in [9.17, 15) is 47.9 Å². The van der Waals surface area contributed by atoms with Gasteiger partial charge in [0.15, 0.2) is 0 Å². The van der Waals surface area contributed by atoms with Crippen LogP contribution in [0.25, 0.3) is 0 Å². The predicted octanol–water partition coefficient (Wildman–Crippen LogP) is 12.2. The van der Waals surface area contributed by atoms with Gasteiger partial charge in [0.2, 0.25) is 0 Å². The van der Waals surface area contributed by atoms with Crippen molar-refractivity contribution in [3.63, 3.8) is 0 Å². The van der Waals surface area contributed by atoms with E-state index in [0.717, 1.165) is 77.0 Å². The summed E-state index contributed by atoms with van der Waals surface area (Å²) < 4.78 is 57.4. The number of hydrogen-bond donors (Lipinski definition) is 0. The summed E-state index contributed by atoms with van der Waals surface area (Å²) in [5.74, 6) is -3.19. The Labute approximate surface area is 515 Å². The van der Waals surface area contributed by atoms with Gasteiger partial charge >= 0.3 is 59.7 Å². The maximum Gasteiger partial charge on any atom is 0.346 e. The molecule has 0 aromatic heterocycles. The van der Waals surface area contributed by atoms with Gasteiger partial charge in [0.25, 0.3) is 0 Å². The molecule has 0 unspecified atom stereocenters. The molecule has 0 saturated heterocycles. The first-order chi connectivity index (χ1) is 42.9. The Hall–Kier alpha value is -10.2. The number of carbonyl (C=O) groups is 10. The van der Waals surface area contributed by atoms with Gasteiger partial charge in [-0.1, -0.05) is 0 Å². The molecular formula is C68H72O21. The summed E-state index contributed by atoms with van der Waals surface area (Å²) in [6.07, 6.45) is 10.8. The Morgan fingerprint density at radius 2 is 0.337 bits per heavy atom. The van der Waals surface area contributed by atoms with Crippen molar-refractivity contribution in [3.8, 4) is 34.5 Å². The first kappa shape index (κ1) is 69.6. The molecule has 0 amide bonds. The molecule has 0 radical (unpaired) electrons. The fourth-order valence-corrected chi connectivity index (χ4v) is 7.90. The summed E-state index contributed by atoms with van der Waals surface area (Å²) >= 11 is 0. The van der Waals surface area contributed by atoms with Gasteiger partial charge in [0.1, 0.15) is 34.5 Å². The lowest BCUT2D eigenvalue weighted by Crippen LogP contribution is -2.12. The summed E-state index contributed by atoms with van der Waals surface area (Å²) in [7, 11) is 0. The molecule has 0 bridgehead atoms. The Kier molecular flexibility index (Phi) is 30.3. The van der Waals surface area contributed by atoms with E-state index in [1.165, 1.54) is 27.7 Å². The van der Waals surface area contributed by atoms with E-state index in [-0.39, 0.29) is 33.4 Å². The second-order valence-electron chi connectivity index (χ2n) is 19.7. The van der Waals surface area contributed by atoms with Crippen LogP contribution in [0.2, 0.25) is 0 Å². The fraction of sp³-hybridized carbons (Fsp3) is 0.324. The molecule has 0 heterocycles. The lowest BCUT2D eigenvalue weighted by atomic mass is 10.2.